The predicted molar refractivity (Wildman–Crippen MR) is 126 cm³/mol. The topological polar surface area (TPSA) is 133 Å². The summed E-state index contributed by atoms with van der Waals surface area (Å²) in [6.45, 7) is 0.236. The minimum Gasteiger partial charge on any atom is -0.504 e. The van der Waals surface area contributed by atoms with Gasteiger partial charge >= 0.3 is 6.03 Å². The second-order valence-electron chi connectivity index (χ2n) is 7.55. The summed E-state index contributed by atoms with van der Waals surface area (Å²) in [4.78, 5) is 41.6. The molecule has 0 spiro atoms. The molecule has 174 valence electrons. The summed E-state index contributed by atoms with van der Waals surface area (Å²) in [5, 5.41) is 23.9. The molecule has 1 saturated heterocycles. The third-order valence-corrected chi connectivity index (χ3v) is 5.32. The molecule has 3 N–H and O–H groups in total. The molecule has 0 bridgehead atoms. The quantitative estimate of drug-likeness (QED) is 0.364. The van der Waals surface area contributed by atoms with Gasteiger partial charge < -0.3 is 19.8 Å². The highest BCUT2D eigenvalue weighted by atomic mass is 16.5. The maximum Gasteiger partial charge on any atom is 0.324 e. The Balaban J connectivity index is 1.65. The van der Waals surface area contributed by atoms with Crippen molar-refractivity contribution < 1.29 is 24.5 Å². The van der Waals surface area contributed by atoms with Gasteiger partial charge in [0, 0.05) is 29.7 Å². The number of imide groups is 1. The van der Waals surface area contributed by atoms with E-state index in [-0.39, 0.29) is 31.3 Å². The number of aliphatic imine (C=N–C) groups is 1. The molecule has 10 nitrogen and oxygen atoms in total. The molecule has 2 aromatic carbocycles. The Bertz CT molecular complexity index is 1390. The van der Waals surface area contributed by atoms with Crippen molar-refractivity contribution >= 4 is 35.1 Å². The normalized spacial score (nSPS) is 14.0. The highest BCUT2D eigenvalue weighted by Gasteiger charge is 2.25. The van der Waals surface area contributed by atoms with Gasteiger partial charge in [0.2, 0.25) is 11.8 Å². The molecule has 1 fully saturated rings. The lowest BCUT2D eigenvalue weighted by molar-refractivity contribution is -0.118. The fourth-order valence-electron chi connectivity index (χ4n) is 3.63. The van der Waals surface area contributed by atoms with Crippen LogP contribution in [-0.4, -0.2) is 58.0 Å². The summed E-state index contributed by atoms with van der Waals surface area (Å²) in [7, 11) is 1.46. The Kier molecular flexibility index (Phi) is 6.30. The SMILES string of the molecule is COc1ccc(CN=Cc2c(O)n(/C=C/CN3CC(=O)NC3=O)c(=O)c3ccccc23)cc1O. The van der Waals surface area contributed by atoms with E-state index in [1.165, 1.54) is 36.6 Å². The molecule has 10 heteroatoms. The summed E-state index contributed by atoms with van der Waals surface area (Å²) in [6, 6.07) is 11.2. The molecular formula is C24H22N4O6. The fourth-order valence-corrected chi connectivity index (χ4v) is 3.63. The third kappa shape index (κ3) is 4.46. The van der Waals surface area contributed by atoms with Gasteiger partial charge in [-0.25, -0.2) is 4.79 Å². The van der Waals surface area contributed by atoms with Crippen molar-refractivity contribution in [2.75, 3.05) is 20.2 Å². The first-order valence-corrected chi connectivity index (χ1v) is 10.4. The number of amides is 3. The number of nitrogens with one attached hydrogen (secondary N) is 1. The number of aromatic hydroxyl groups is 2. The van der Waals surface area contributed by atoms with E-state index in [0.29, 0.717) is 22.1 Å². The standard InChI is InChI=1S/C24H22N4O6/c1-34-20-8-7-15(11-19(20)29)12-25-13-18-16-5-2-3-6-17(16)22(31)28(23(18)32)10-4-9-27-14-21(30)26-24(27)33/h2-8,10-11,13,29,32H,9,12,14H2,1H3,(H,26,30,33)/b10-4+,25-13?. The molecule has 0 unspecified atom stereocenters. The van der Waals surface area contributed by atoms with Gasteiger partial charge in [0.25, 0.3) is 5.56 Å². The van der Waals surface area contributed by atoms with Crippen LogP contribution in [0.3, 0.4) is 0 Å². The molecule has 1 aliphatic rings. The zero-order chi connectivity index (χ0) is 24.2. The van der Waals surface area contributed by atoms with E-state index in [1.54, 1.807) is 36.4 Å². The second-order valence-corrected chi connectivity index (χ2v) is 7.55. The van der Waals surface area contributed by atoms with Gasteiger partial charge in [-0.15, -0.1) is 0 Å². The number of fused-ring (bicyclic) bond motifs is 1. The summed E-state index contributed by atoms with van der Waals surface area (Å²) >= 11 is 0. The lowest BCUT2D eigenvalue weighted by atomic mass is 10.1. The predicted octanol–water partition coefficient (Wildman–Crippen LogP) is 2.06. The van der Waals surface area contributed by atoms with Crippen LogP contribution in [-0.2, 0) is 11.3 Å². The van der Waals surface area contributed by atoms with E-state index in [0.717, 1.165) is 10.1 Å². The molecule has 0 aliphatic carbocycles. The van der Waals surface area contributed by atoms with Crippen LogP contribution in [0.1, 0.15) is 11.1 Å². The molecule has 2 heterocycles. The molecule has 0 radical (unpaired) electrons. The van der Waals surface area contributed by atoms with E-state index < -0.39 is 17.5 Å². The molecule has 1 aliphatic heterocycles. The molecular weight excluding hydrogens is 440 g/mol. The number of hydrogen-bond acceptors (Lipinski definition) is 7. The summed E-state index contributed by atoms with van der Waals surface area (Å²) in [5.74, 6) is -0.363. The molecule has 0 atom stereocenters. The van der Waals surface area contributed by atoms with Crippen molar-refractivity contribution in [3.8, 4) is 17.4 Å². The second kappa shape index (κ2) is 9.49. The maximum absolute atomic E-state index is 13.0. The van der Waals surface area contributed by atoms with Crippen molar-refractivity contribution in [1.29, 1.82) is 0 Å². The van der Waals surface area contributed by atoms with Crippen LogP contribution in [0.5, 0.6) is 17.4 Å². The van der Waals surface area contributed by atoms with Crippen LogP contribution in [0, 0.1) is 0 Å². The number of pyridine rings is 1. The molecule has 1 aromatic heterocycles. The molecule has 4 rings (SSSR count). The van der Waals surface area contributed by atoms with Crippen LogP contribution >= 0.6 is 0 Å². The van der Waals surface area contributed by atoms with Crippen LogP contribution in [0.15, 0.2) is 58.3 Å². The van der Waals surface area contributed by atoms with Gasteiger partial charge in [0.1, 0.15) is 6.54 Å². The van der Waals surface area contributed by atoms with Gasteiger partial charge in [-0.3, -0.25) is 24.5 Å². The Labute approximate surface area is 194 Å². The third-order valence-electron chi connectivity index (χ3n) is 5.32. The van der Waals surface area contributed by atoms with Crippen LogP contribution < -0.4 is 15.6 Å². The number of nitrogens with zero attached hydrogens (tertiary/aromatic N) is 3. The Hall–Kier alpha value is -4.60. The smallest absolute Gasteiger partial charge is 0.324 e. The van der Waals surface area contributed by atoms with E-state index in [2.05, 4.69) is 10.3 Å². The first kappa shape index (κ1) is 22.6. The van der Waals surface area contributed by atoms with Crippen molar-refractivity contribution in [1.82, 2.24) is 14.8 Å². The van der Waals surface area contributed by atoms with E-state index in [9.17, 15) is 24.6 Å². The Morgan fingerprint density at radius 3 is 2.56 bits per heavy atom. The maximum atomic E-state index is 13.0. The van der Waals surface area contributed by atoms with Gasteiger partial charge in [-0.1, -0.05) is 24.3 Å². The number of phenols is 1. The van der Waals surface area contributed by atoms with Crippen molar-refractivity contribution in [3.05, 3.63) is 70.0 Å². The van der Waals surface area contributed by atoms with Crippen LogP contribution in [0.2, 0.25) is 0 Å². The minimum atomic E-state index is -0.512. The number of rotatable bonds is 7. The van der Waals surface area contributed by atoms with Gasteiger partial charge in [0.15, 0.2) is 11.5 Å². The van der Waals surface area contributed by atoms with E-state index in [1.807, 2.05) is 0 Å². The Morgan fingerprint density at radius 1 is 1.12 bits per heavy atom. The largest absolute Gasteiger partial charge is 0.504 e. The number of urea groups is 1. The molecule has 3 amide bonds. The van der Waals surface area contributed by atoms with Crippen LogP contribution in [0.4, 0.5) is 4.79 Å². The monoisotopic (exact) mass is 462 g/mol. The number of methoxy groups -OCH3 is 1. The average molecular weight is 462 g/mol. The number of carbonyl (C=O) groups is 2. The highest BCUT2D eigenvalue weighted by molar-refractivity contribution is 6.02. The number of ether oxygens (including phenoxy) is 1. The fraction of sp³-hybridized carbons (Fsp3) is 0.167. The molecule has 3 aromatic rings. The zero-order valence-electron chi connectivity index (χ0n) is 18.3. The van der Waals surface area contributed by atoms with Gasteiger partial charge in [-0.05, 0) is 29.8 Å². The van der Waals surface area contributed by atoms with E-state index in [4.69, 9.17) is 4.74 Å². The number of carbonyl (C=O) groups excluding carboxylic acids is 2. The number of benzene rings is 2. The zero-order valence-corrected chi connectivity index (χ0v) is 18.3. The number of hydrogen-bond donors (Lipinski definition) is 3. The summed E-state index contributed by atoms with van der Waals surface area (Å²) < 4.78 is 6.10. The lowest BCUT2D eigenvalue weighted by Gasteiger charge is -2.12. The average Bonchev–Trinajstić information content (AvgIpc) is 3.15. The first-order valence-electron chi connectivity index (χ1n) is 10.4. The highest BCUT2D eigenvalue weighted by Crippen LogP contribution is 2.27. The first-order chi connectivity index (χ1) is 16.4. The van der Waals surface area contributed by atoms with Crippen LogP contribution in [0.25, 0.3) is 17.0 Å². The van der Waals surface area contributed by atoms with E-state index >= 15 is 0 Å². The summed E-state index contributed by atoms with van der Waals surface area (Å²) in [5.41, 5.74) is 0.625. The van der Waals surface area contributed by atoms with Gasteiger partial charge in [-0.2, -0.15) is 0 Å². The molecule has 0 saturated carbocycles. The summed E-state index contributed by atoms with van der Waals surface area (Å²) in [6.07, 6.45) is 4.34. The lowest BCUT2D eigenvalue weighted by Crippen LogP contribution is -2.28. The van der Waals surface area contributed by atoms with Gasteiger partial charge in [0.05, 0.1) is 19.2 Å². The number of phenolic OH excluding ortho intramolecular Hbond substituents is 1. The van der Waals surface area contributed by atoms with Crippen molar-refractivity contribution in [3.63, 3.8) is 0 Å². The number of aromatic nitrogens is 1. The van der Waals surface area contributed by atoms with Crippen molar-refractivity contribution in [2.24, 2.45) is 4.99 Å². The Morgan fingerprint density at radius 2 is 1.88 bits per heavy atom. The minimum absolute atomic E-state index is 0.00410. The molecule has 34 heavy (non-hydrogen) atoms. The van der Waals surface area contributed by atoms with Crippen molar-refractivity contribution in [2.45, 2.75) is 6.54 Å².